The second-order valence-electron chi connectivity index (χ2n) is 3.90. The second-order valence-corrected chi connectivity index (χ2v) is 3.90. The molecule has 5 nitrogen and oxygen atoms in total. The smallest absolute Gasteiger partial charge is 0.262 e. The van der Waals surface area contributed by atoms with Crippen molar-refractivity contribution in [3.8, 4) is 11.5 Å². The van der Waals surface area contributed by atoms with Gasteiger partial charge in [-0.3, -0.25) is 4.79 Å². The van der Waals surface area contributed by atoms with Crippen LogP contribution in [-0.2, 0) is 4.79 Å². The summed E-state index contributed by atoms with van der Waals surface area (Å²) in [6.07, 6.45) is -0.544. The van der Waals surface area contributed by atoms with Crippen LogP contribution < -0.4 is 15.2 Å². The Morgan fingerprint density at radius 2 is 2.06 bits per heavy atom. The summed E-state index contributed by atoms with van der Waals surface area (Å²) in [6, 6.07) is 5.06. The van der Waals surface area contributed by atoms with Crippen LogP contribution >= 0.6 is 0 Å². The van der Waals surface area contributed by atoms with E-state index in [9.17, 15) is 4.79 Å². The fourth-order valence-electron chi connectivity index (χ4n) is 1.40. The number of hydrogen-bond donors (Lipinski definition) is 1. The van der Waals surface area contributed by atoms with Crippen molar-refractivity contribution in [2.24, 2.45) is 0 Å². The van der Waals surface area contributed by atoms with Crippen LogP contribution in [0.2, 0.25) is 0 Å². The third kappa shape index (κ3) is 3.27. The van der Waals surface area contributed by atoms with Gasteiger partial charge in [-0.2, -0.15) is 0 Å². The molecule has 1 rings (SSSR count). The molecule has 0 spiro atoms. The number of carbonyl (C=O) groups excluding carboxylic acids is 1. The van der Waals surface area contributed by atoms with E-state index in [1.165, 1.54) is 4.90 Å². The van der Waals surface area contributed by atoms with E-state index in [1.807, 2.05) is 0 Å². The number of methoxy groups -OCH3 is 1. The number of anilines is 1. The normalized spacial score (nSPS) is 11.8. The van der Waals surface area contributed by atoms with Crippen molar-refractivity contribution in [1.29, 1.82) is 0 Å². The Kier molecular flexibility index (Phi) is 4.20. The molecule has 0 saturated heterocycles. The lowest BCUT2D eigenvalue weighted by Gasteiger charge is -2.18. The largest absolute Gasteiger partial charge is 0.495 e. The number of carbonyl (C=O) groups is 1. The predicted molar refractivity (Wildman–Crippen MR) is 66.2 cm³/mol. The summed E-state index contributed by atoms with van der Waals surface area (Å²) in [6.45, 7) is 1.70. The monoisotopic (exact) mass is 238 g/mol. The Hall–Kier alpha value is -1.91. The summed E-state index contributed by atoms with van der Waals surface area (Å²) in [5.74, 6) is 1.04. The summed E-state index contributed by atoms with van der Waals surface area (Å²) in [5.41, 5.74) is 6.22. The Bertz CT molecular complexity index is 405. The van der Waals surface area contributed by atoms with Crippen molar-refractivity contribution in [2.75, 3.05) is 26.9 Å². The molecule has 2 N–H and O–H groups in total. The minimum Gasteiger partial charge on any atom is -0.495 e. The first-order chi connectivity index (χ1) is 7.95. The highest BCUT2D eigenvalue weighted by atomic mass is 16.5. The number of benzene rings is 1. The zero-order chi connectivity index (χ0) is 13.0. The first-order valence-corrected chi connectivity index (χ1v) is 5.27. The average molecular weight is 238 g/mol. The lowest BCUT2D eigenvalue weighted by atomic mass is 10.2. The molecule has 0 aliphatic heterocycles. The highest BCUT2D eigenvalue weighted by Crippen LogP contribution is 2.26. The number of ether oxygens (including phenoxy) is 2. The third-order valence-corrected chi connectivity index (χ3v) is 2.30. The molecule has 0 heterocycles. The maximum Gasteiger partial charge on any atom is 0.262 e. The van der Waals surface area contributed by atoms with Crippen LogP contribution in [0.3, 0.4) is 0 Å². The summed E-state index contributed by atoms with van der Waals surface area (Å²) >= 11 is 0. The highest BCUT2D eigenvalue weighted by Gasteiger charge is 2.16. The van der Waals surface area contributed by atoms with Gasteiger partial charge in [-0.05, 0) is 19.1 Å². The van der Waals surface area contributed by atoms with Gasteiger partial charge in [0.1, 0.15) is 11.5 Å². The van der Waals surface area contributed by atoms with Gasteiger partial charge in [0.2, 0.25) is 0 Å². The first kappa shape index (κ1) is 13.2. The molecule has 94 valence electrons. The lowest BCUT2D eigenvalue weighted by molar-refractivity contribution is -0.135. The summed E-state index contributed by atoms with van der Waals surface area (Å²) in [5, 5.41) is 0. The topological polar surface area (TPSA) is 64.8 Å². The Morgan fingerprint density at radius 3 is 2.53 bits per heavy atom. The van der Waals surface area contributed by atoms with Gasteiger partial charge >= 0.3 is 0 Å². The van der Waals surface area contributed by atoms with Crippen molar-refractivity contribution < 1.29 is 14.3 Å². The van der Waals surface area contributed by atoms with Gasteiger partial charge in [0.15, 0.2) is 6.10 Å². The van der Waals surface area contributed by atoms with Crippen LogP contribution in [0.4, 0.5) is 5.69 Å². The molecule has 0 saturated carbocycles. The number of nitrogen functional groups attached to an aromatic ring is 1. The molecule has 0 bridgehead atoms. The first-order valence-electron chi connectivity index (χ1n) is 5.27. The van der Waals surface area contributed by atoms with Crippen LogP contribution in [0.1, 0.15) is 6.92 Å². The van der Waals surface area contributed by atoms with Gasteiger partial charge in [0, 0.05) is 20.2 Å². The maximum atomic E-state index is 11.6. The van der Waals surface area contributed by atoms with Crippen molar-refractivity contribution in [1.82, 2.24) is 4.90 Å². The van der Waals surface area contributed by atoms with Crippen LogP contribution in [-0.4, -0.2) is 38.1 Å². The Morgan fingerprint density at radius 1 is 1.41 bits per heavy atom. The van der Waals surface area contributed by atoms with Gasteiger partial charge in [0.05, 0.1) is 12.8 Å². The van der Waals surface area contributed by atoms with E-state index >= 15 is 0 Å². The predicted octanol–water partition coefficient (Wildman–Crippen LogP) is 1.13. The van der Waals surface area contributed by atoms with E-state index in [-0.39, 0.29) is 5.91 Å². The van der Waals surface area contributed by atoms with E-state index in [0.29, 0.717) is 17.2 Å². The Balaban J connectivity index is 2.75. The zero-order valence-corrected chi connectivity index (χ0v) is 10.6. The van der Waals surface area contributed by atoms with Crippen LogP contribution in [0.15, 0.2) is 18.2 Å². The highest BCUT2D eigenvalue weighted by molar-refractivity contribution is 5.80. The van der Waals surface area contributed by atoms with Crippen molar-refractivity contribution in [3.63, 3.8) is 0 Å². The minimum absolute atomic E-state index is 0.0978. The van der Waals surface area contributed by atoms with Gasteiger partial charge in [-0.1, -0.05) is 0 Å². The summed E-state index contributed by atoms with van der Waals surface area (Å²) < 4.78 is 10.5. The number of rotatable bonds is 4. The summed E-state index contributed by atoms with van der Waals surface area (Å²) in [4.78, 5) is 13.1. The zero-order valence-electron chi connectivity index (χ0n) is 10.6. The standard InChI is InChI=1S/C12H18N2O3/c1-8(12(15)14(2)3)17-9-5-6-11(16-4)10(13)7-9/h5-8H,13H2,1-4H3. The fourth-order valence-corrected chi connectivity index (χ4v) is 1.40. The third-order valence-electron chi connectivity index (χ3n) is 2.30. The molecule has 17 heavy (non-hydrogen) atoms. The Labute approximate surface area is 101 Å². The van der Waals surface area contributed by atoms with Gasteiger partial charge in [0.25, 0.3) is 5.91 Å². The van der Waals surface area contributed by atoms with Crippen molar-refractivity contribution in [3.05, 3.63) is 18.2 Å². The van der Waals surface area contributed by atoms with E-state index in [1.54, 1.807) is 46.3 Å². The molecule has 0 aliphatic carbocycles. The molecule has 1 aromatic rings. The van der Waals surface area contributed by atoms with Crippen molar-refractivity contribution >= 4 is 11.6 Å². The van der Waals surface area contributed by atoms with Gasteiger partial charge in [-0.25, -0.2) is 0 Å². The van der Waals surface area contributed by atoms with Crippen LogP contribution in [0.5, 0.6) is 11.5 Å². The molecule has 0 aliphatic rings. The molecule has 0 fully saturated rings. The van der Waals surface area contributed by atoms with E-state index in [2.05, 4.69) is 0 Å². The molecular weight excluding hydrogens is 220 g/mol. The average Bonchev–Trinajstić information content (AvgIpc) is 2.28. The summed E-state index contributed by atoms with van der Waals surface area (Å²) in [7, 11) is 4.92. The fraction of sp³-hybridized carbons (Fsp3) is 0.417. The number of nitrogens with two attached hydrogens (primary N) is 1. The van der Waals surface area contributed by atoms with Gasteiger partial charge < -0.3 is 20.1 Å². The molecule has 1 amide bonds. The van der Waals surface area contributed by atoms with E-state index < -0.39 is 6.10 Å². The molecule has 1 unspecified atom stereocenters. The number of likely N-dealkylation sites (N-methyl/N-ethyl adjacent to an activating group) is 1. The number of amides is 1. The number of hydrogen-bond acceptors (Lipinski definition) is 4. The van der Waals surface area contributed by atoms with E-state index in [0.717, 1.165) is 0 Å². The number of nitrogens with zero attached hydrogens (tertiary/aromatic N) is 1. The quantitative estimate of drug-likeness (QED) is 0.799. The maximum absolute atomic E-state index is 11.6. The van der Waals surface area contributed by atoms with Crippen molar-refractivity contribution in [2.45, 2.75) is 13.0 Å². The molecule has 1 atom stereocenters. The molecule has 1 aromatic carbocycles. The lowest BCUT2D eigenvalue weighted by Crippen LogP contribution is -2.35. The van der Waals surface area contributed by atoms with Crippen LogP contribution in [0, 0.1) is 0 Å². The minimum atomic E-state index is -0.544. The van der Waals surface area contributed by atoms with Crippen LogP contribution in [0.25, 0.3) is 0 Å². The molecule has 0 radical (unpaired) electrons. The molecular formula is C12H18N2O3. The SMILES string of the molecule is COc1ccc(OC(C)C(=O)N(C)C)cc1N. The molecule has 0 aromatic heterocycles. The van der Waals surface area contributed by atoms with E-state index in [4.69, 9.17) is 15.2 Å². The molecule has 5 heteroatoms. The second kappa shape index (κ2) is 5.43. The van der Waals surface area contributed by atoms with Gasteiger partial charge in [-0.15, -0.1) is 0 Å².